The zero-order chi connectivity index (χ0) is 16.4. The molecule has 7 heteroatoms. The predicted molar refractivity (Wildman–Crippen MR) is 84.9 cm³/mol. The minimum atomic E-state index is -2.11. The number of carbonyl (C=O) groups is 1. The van der Waals surface area contributed by atoms with Crippen LogP contribution in [0.1, 0.15) is 18.4 Å². The lowest BCUT2D eigenvalue weighted by Crippen LogP contribution is -2.39. The highest BCUT2D eigenvalue weighted by Crippen LogP contribution is 2.14. The van der Waals surface area contributed by atoms with Crippen molar-refractivity contribution in [2.24, 2.45) is 0 Å². The van der Waals surface area contributed by atoms with Gasteiger partial charge in [-0.3, -0.25) is 4.79 Å². The van der Waals surface area contributed by atoms with Crippen molar-refractivity contribution < 1.29 is 28.2 Å². The minimum Gasteiger partial charge on any atom is -0.481 e. The van der Waals surface area contributed by atoms with E-state index < -0.39 is 21.2 Å². The van der Waals surface area contributed by atoms with Crippen LogP contribution in [0.5, 0.6) is 0 Å². The van der Waals surface area contributed by atoms with Gasteiger partial charge in [0.05, 0.1) is 32.3 Å². The average molecular weight is 328 g/mol. The Labute approximate surface area is 132 Å². The fraction of sp³-hybridized carbons (Fsp3) is 0.533. The van der Waals surface area contributed by atoms with E-state index in [0.29, 0.717) is 26.4 Å². The second kappa shape index (κ2) is 10.5. The maximum Gasteiger partial charge on any atom is 0.356 e. The SMILES string of the molecule is COCCO[SiH](OCCOC)c1cccc(C(C)C(=O)O)c1. The van der Waals surface area contributed by atoms with Gasteiger partial charge < -0.3 is 23.4 Å². The average Bonchev–Trinajstić information content (AvgIpc) is 2.53. The van der Waals surface area contributed by atoms with E-state index in [9.17, 15) is 4.79 Å². The highest BCUT2D eigenvalue weighted by atomic mass is 28.3. The molecular weight excluding hydrogens is 304 g/mol. The van der Waals surface area contributed by atoms with Crippen molar-refractivity contribution in [1.82, 2.24) is 0 Å². The van der Waals surface area contributed by atoms with Crippen LogP contribution in [0.25, 0.3) is 0 Å². The van der Waals surface area contributed by atoms with Crippen LogP contribution in [-0.2, 0) is 23.1 Å². The standard InChI is InChI=1S/C15H24O6Si/c1-12(15(16)17)13-5-4-6-14(11-13)22(20-9-7-18-2)21-10-8-19-3/h4-6,11-12,22H,7-10H2,1-3H3,(H,16,17). The van der Waals surface area contributed by atoms with Gasteiger partial charge in [0.2, 0.25) is 0 Å². The lowest BCUT2D eigenvalue weighted by Gasteiger charge is -2.18. The van der Waals surface area contributed by atoms with Crippen molar-refractivity contribution in [2.45, 2.75) is 12.8 Å². The van der Waals surface area contributed by atoms with Crippen molar-refractivity contribution in [3.05, 3.63) is 29.8 Å². The van der Waals surface area contributed by atoms with E-state index in [1.165, 1.54) is 0 Å². The summed E-state index contributed by atoms with van der Waals surface area (Å²) in [6.45, 7) is 3.53. The van der Waals surface area contributed by atoms with E-state index in [4.69, 9.17) is 23.4 Å². The maximum absolute atomic E-state index is 11.1. The molecule has 0 aliphatic heterocycles. The predicted octanol–water partition coefficient (Wildman–Crippen LogP) is 0.628. The Kier molecular flexibility index (Phi) is 8.94. The smallest absolute Gasteiger partial charge is 0.356 e. The largest absolute Gasteiger partial charge is 0.481 e. The molecule has 0 heterocycles. The van der Waals surface area contributed by atoms with Gasteiger partial charge in [-0.25, -0.2) is 0 Å². The van der Waals surface area contributed by atoms with Gasteiger partial charge in [0.15, 0.2) is 0 Å². The number of rotatable bonds is 11. The van der Waals surface area contributed by atoms with E-state index in [-0.39, 0.29) is 0 Å². The first kappa shape index (κ1) is 18.8. The number of methoxy groups -OCH3 is 2. The second-order valence-electron chi connectivity index (χ2n) is 4.79. The molecule has 1 unspecified atom stereocenters. The van der Waals surface area contributed by atoms with Crippen LogP contribution in [0, 0.1) is 0 Å². The zero-order valence-corrected chi connectivity index (χ0v) is 14.4. The molecule has 0 saturated heterocycles. The van der Waals surface area contributed by atoms with E-state index in [0.717, 1.165) is 10.8 Å². The molecule has 0 amide bonds. The summed E-state index contributed by atoms with van der Waals surface area (Å²) in [6.07, 6.45) is 0. The Morgan fingerprint density at radius 2 is 1.73 bits per heavy atom. The third kappa shape index (κ3) is 6.25. The molecule has 0 radical (unpaired) electrons. The minimum absolute atomic E-state index is 0.444. The molecule has 124 valence electrons. The number of hydrogen-bond donors (Lipinski definition) is 1. The summed E-state index contributed by atoms with van der Waals surface area (Å²) in [6, 6.07) is 7.41. The summed E-state index contributed by atoms with van der Waals surface area (Å²) in [5.74, 6) is -1.41. The molecule has 0 aliphatic rings. The van der Waals surface area contributed by atoms with Crippen LogP contribution in [0.3, 0.4) is 0 Å². The van der Waals surface area contributed by atoms with Crippen LogP contribution < -0.4 is 5.19 Å². The molecule has 1 rings (SSSR count). The Hall–Kier alpha value is -1.25. The van der Waals surface area contributed by atoms with Gasteiger partial charge in [0.1, 0.15) is 0 Å². The Morgan fingerprint density at radius 1 is 1.14 bits per heavy atom. The van der Waals surface area contributed by atoms with Crippen LogP contribution in [-0.4, -0.2) is 61.0 Å². The Balaban J connectivity index is 2.82. The summed E-state index contributed by atoms with van der Waals surface area (Å²) in [5, 5.41) is 10.0. The molecule has 1 aromatic carbocycles. The van der Waals surface area contributed by atoms with E-state index in [1.807, 2.05) is 18.2 Å². The fourth-order valence-corrected chi connectivity index (χ4v) is 3.53. The lowest BCUT2D eigenvalue weighted by molar-refractivity contribution is -0.138. The van der Waals surface area contributed by atoms with Gasteiger partial charge in [-0.15, -0.1) is 0 Å². The molecule has 0 spiro atoms. The Morgan fingerprint density at radius 3 is 2.23 bits per heavy atom. The number of ether oxygens (including phenoxy) is 2. The third-order valence-corrected chi connectivity index (χ3v) is 5.15. The summed E-state index contributed by atoms with van der Waals surface area (Å²) >= 11 is 0. The van der Waals surface area contributed by atoms with Crippen LogP contribution in [0.2, 0.25) is 0 Å². The van der Waals surface area contributed by atoms with Gasteiger partial charge in [-0.2, -0.15) is 0 Å². The molecule has 1 atom stereocenters. The number of carboxylic acids is 1. The molecule has 1 aromatic rings. The topological polar surface area (TPSA) is 74.2 Å². The highest BCUT2D eigenvalue weighted by Gasteiger charge is 2.20. The summed E-state index contributed by atoms with van der Waals surface area (Å²) in [4.78, 5) is 11.1. The van der Waals surface area contributed by atoms with Crippen molar-refractivity contribution in [3.8, 4) is 0 Å². The summed E-state index contributed by atoms with van der Waals surface area (Å²) in [7, 11) is 1.12. The van der Waals surface area contributed by atoms with E-state index >= 15 is 0 Å². The normalized spacial score (nSPS) is 12.5. The Bertz CT molecular complexity index is 443. The molecule has 1 N–H and O–H groups in total. The van der Waals surface area contributed by atoms with Crippen LogP contribution in [0.15, 0.2) is 24.3 Å². The van der Waals surface area contributed by atoms with Crippen molar-refractivity contribution in [1.29, 1.82) is 0 Å². The second-order valence-corrected chi connectivity index (χ2v) is 6.79. The van der Waals surface area contributed by atoms with Gasteiger partial charge in [-0.1, -0.05) is 24.3 Å². The molecule has 0 fully saturated rings. The molecule has 22 heavy (non-hydrogen) atoms. The molecule has 6 nitrogen and oxygen atoms in total. The number of aliphatic carboxylic acids is 1. The summed E-state index contributed by atoms with van der Waals surface area (Å²) in [5.41, 5.74) is 0.744. The summed E-state index contributed by atoms with van der Waals surface area (Å²) < 4.78 is 21.6. The van der Waals surface area contributed by atoms with Crippen molar-refractivity contribution >= 4 is 20.4 Å². The van der Waals surface area contributed by atoms with Crippen LogP contribution in [0.4, 0.5) is 0 Å². The lowest BCUT2D eigenvalue weighted by atomic mass is 10.0. The van der Waals surface area contributed by atoms with Gasteiger partial charge in [-0.05, 0) is 17.7 Å². The highest BCUT2D eigenvalue weighted by molar-refractivity contribution is 6.61. The van der Waals surface area contributed by atoms with Crippen molar-refractivity contribution in [3.63, 3.8) is 0 Å². The number of hydrogen-bond acceptors (Lipinski definition) is 5. The van der Waals surface area contributed by atoms with Gasteiger partial charge in [0, 0.05) is 14.2 Å². The van der Waals surface area contributed by atoms with E-state index in [1.54, 1.807) is 27.2 Å². The quantitative estimate of drug-likeness (QED) is 0.474. The first-order valence-electron chi connectivity index (χ1n) is 7.14. The zero-order valence-electron chi connectivity index (χ0n) is 13.3. The molecular formula is C15H24O6Si. The van der Waals surface area contributed by atoms with Gasteiger partial charge >= 0.3 is 15.3 Å². The monoisotopic (exact) mass is 328 g/mol. The third-order valence-electron chi connectivity index (χ3n) is 3.17. The fourth-order valence-electron chi connectivity index (χ4n) is 1.84. The number of benzene rings is 1. The first-order chi connectivity index (χ1) is 10.6. The molecule has 0 aliphatic carbocycles. The maximum atomic E-state index is 11.1. The van der Waals surface area contributed by atoms with Crippen molar-refractivity contribution in [2.75, 3.05) is 40.6 Å². The molecule has 0 bridgehead atoms. The molecule has 0 aromatic heterocycles. The van der Waals surface area contributed by atoms with Crippen LogP contribution >= 0.6 is 0 Å². The molecule has 0 saturated carbocycles. The van der Waals surface area contributed by atoms with E-state index in [2.05, 4.69) is 0 Å². The first-order valence-corrected chi connectivity index (χ1v) is 8.66. The number of carboxylic acid groups (broad SMARTS) is 1. The van der Waals surface area contributed by atoms with Gasteiger partial charge in [0.25, 0.3) is 0 Å².